The molecule has 0 aromatic carbocycles. The Morgan fingerprint density at radius 3 is 2.95 bits per heavy atom. The van der Waals surface area contributed by atoms with Crippen molar-refractivity contribution < 1.29 is 9.47 Å². The minimum absolute atomic E-state index is 0.344. The van der Waals surface area contributed by atoms with Crippen molar-refractivity contribution in [3.63, 3.8) is 0 Å². The van der Waals surface area contributed by atoms with E-state index in [-0.39, 0.29) is 0 Å². The molecule has 0 aromatic rings. The minimum Gasteiger partial charge on any atom is -0.381 e. The Bertz CT molecular complexity index is 299. The normalized spacial score (nSPS) is 35.5. The van der Waals surface area contributed by atoms with Gasteiger partial charge in [-0.3, -0.25) is 0 Å². The second-order valence-electron chi connectivity index (χ2n) is 6.91. The lowest BCUT2D eigenvalue weighted by Crippen LogP contribution is -2.49. The van der Waals surface area contributed by atoms with E-state index in [0.717, 1.165) is 39.0 Å². The summed E-state index contributed by atoms with van der Waals surface area (Å²) in [6.07, 6.45) is 6.90. The van der Waals surface area contributed by atoms with Crippen molar-refractivity contribution in [2.75, 3.05) is 46.0 Å². The third-order valence-electron chi connectivity index (χ3n) is 4.95. The average molecular weight is 282 g/mol. The van der Waals surface area contributed by atoms with Gasteiger partial charge in [-0.2, -0.15) is 0 Å². The summed E-state index contributed by atoms with van der Waals surface area (Å²) in [7, 11) is 0. The van der Waals surface area contributed by atoms with Gasteiger partial charge in [-0.25, -0.2) is 0 Å². The van der Waals surface area contributed by atoms with Gasteiger partial charge in [0.05, 0.1) is 12.7 Å². The number of piperidine rings is 1. The molecule has 0 radical (unpaired) electrons. The molecule has 4 heteroatoms. The van der Waals surface area contributed by atoms with Crippen LogP contribution in [0.2, 0.25) is 0 Å². The van der Waals surface area contributed by atoms with Crippen molar-refractivity contribution in [3.05, 3.63) is 0 Å². The smallest absolute Gasteiger partial charge is 0.0702 e. The third-order valence-corrected chi connectivity index (χ3v) is 4.95. The van der Waals surface area contributed by atoms with Gasteiger partial charge in [0.2, 0.25) is 0 Å². The molecule has 1 aliphatic carbocycles. The van der Waals surface area contributed by atoms with E-state index in [0.29, 0.717) is 11.5 Å². The van der Waals surface area contributed by atoms with Crippen molar-refractivity contribution in [1.82, 2.24) is 10.2 Å². The summed E-state index contributed by atoms with van der Waals surface area (Å²) in [6.45, 7) is 9.47. The molecule has 3 aliphatic rings. The van der Waals surface area contributed by atoms with E-state index in [1.807, 2.05) is 0 Å². The maximum absolute atomic E-state index is 5.83. The highest BCUT2D eigenvalue weighted by molar-refractivity contribution is 4.93. The van der Waals surface area contributed by atoms with E-state index in [2.05, 4.69) is 17.1 Å². The van der Waals surface area contributed by atoms with E-state index in [4.69, 9.17) is 9.47 Å². The number of nitrogens with zero attached hydrogens (tertiary/aromatic N) is 1. The van der Waals surface area contributed by atoms with Gasteiger partial charge in [0.1, 0.15) is 0 Å². The van der Waals surface area contributed by atoms with Crippen LogP contribution in [0.3, 0.4) is 0 Å². The summed E-state index contributed by atoms with van der Waals surface area (Å²) in [6, 6.07) is 0.796. The van der Waals surface area contributed by atoms with E-state index >= 15 is 0 Å². The van der Waals surface area contributed by atoms with E-state index in [9.17, 15) is 0 Å². The fraction of sp³-hybridized carbons (Fsp3) is 1.00. The zero-order chi connectivity index (χ0) is 13.8. The van der Waals surface area contributed by atoms with Gasteiger partial charge in [-0.1, -0.05) is 0 Å². The van der Waals surface area contributed by atoms with Gasteiger partial charge < -0.3 is 19.7 Å². The van der Waals surface area contributed by atoms with Gasteiger partial charge in [-0.05, 0) is 45.6 Å². The van der Waals surface area contributed by atoms with Crippen molar-refractivity contribution in [2.45, 2.75) is 51.2 Å². The second-order valence-corrected chi connectivity index (χ2v) is 6.91. The van der Waals surface area contributed by atoms with Crippen molar-refractivity contribution in [2.24, 2.45) is 5.41 Å². The van der Waals surface area contributed by atoms with Crippen LogP contribution in [0.5, 0.6) is 0 Å². The van der Waals surface area contributed by atoms with Crippen LogP contribution in [0, 0.1) is 5.41 Å². The summed E-state index contributed by atoms with van der Waals surface area (Å²) in [5, 5.41) is 3.73. The number of rotatable bonds is 7. The van der Waals surface area contributed by atoms with Crippen LogP contribution in [0.4, 0.5) is 0 Å². The molecule has 4 nitrogen and oxygen atoms in total. The fourth-order valence-electron chi connectivity index (χ4n) is 3.62. The third kappa shape index (κ3) is 3.94. The van der Waals surface area contributed by atoms with Crippen molar-refractivity contribution >= 4 is 0 Å². The highest BCUT2D eigenvalue weighted by Crippen LogP contribution is 2.32. The van der Waals surface area contributed by atoms with E-state index < -0.39 is 0 Å². The Balaban J connectivity index is 1.52. The molecule has 116 valence electrons. The molecule has 0 spiro atoms. The number of likely N-dealkylation sites (tertiary alicyclic amines) is 1. The van der Waals surface area contributed by atoms with Crippen LogP contribution in [0.25, 0.3) is 0 Å². The van der Waals surface area contributed by atoms with E-state index in [1.165, 1.54) is 45.2 Å². The molecule has 2 heterocycles. The molecule has 2 aliphatic heterocycles. The standard InChI is InChI=1S/C16H30N2O2/c1-2-20-15-4-3-8-18(10-15)12-16(7-9-19-13-16)11-17-14-5-6-14/h14-15,17H,2-13H2,1H3. The zero-order valence-corrected chi connectivity index (χ0v) is 12.9. The second kappa shape index (κ2) is 6.73. The molecule has 20 heavy (non-hydrogen) atoms. The number of nitrogens with one attached hydrogen (secondary N) is 1. The maximum Gasteiger partial charge on any atom is 0.0702 e. The van der Waals surface area contributed by atoms with Gasteiger partial charge in [0.15, 0.2) is 0 Å². The summed E-state index contributed by atoms with van der Waals surface area (Å²) >= 11 is 0. The first-order chi connectivity index (χ1) is 9.80. The lowest BCUT2D eigenvalue weighted by Gasteiger charge is -2.39. The lowest BCUT2D eigenvalue weighted by atomic mass is 9.85. The van der Waals surface area contributed by atoms with Gasteiger partial charge in [-0.15, -0.1) is 0 Å². The Hall–Kier alpha value is -0.160. The molecular formula is C16H30N2O2. The first-order valence-corrected chi connectivity index (χ1v) is 8.45. The molecule has 0 bridgehead atoms. The molecular weight excluding hydrogens is 252 g/mol. The maximum atomic E-state index is 5.83. The Kier molecular flexibility index (Phi) is 4.97. The molecule has 1 saturated carbocycles. The number of hydrogen-bond donors (Lipinski definition) is 1. The van der Waals surface area contributed by atoms with Gasteiger partial charge >= 0.3 is 0 Å². The van der Waals surface area contributed by atoms with Crippen molar-refractivity contribution in [1.29, 1.82) is 0 Å². The summed E-state index contributed by atoms with van der Waals surface area (Å²) in [4.78, 5) is 2.62. The summed E-state index contributed by atoms with van der Waals surface area (Å²) in [5.74, 6) is 0. The fourth-order valence-corrected chi connectivity index (χ4v) is 3.62. The van der Waals surface area contributed by atoms with Gasteiger partial charge in [0, 0.05) is 44.3 Å². The predicted molar refractivity (Wildman–Crippen MR) is 80.0 cm³/mol. The first kappa shape index (κ1) is 14.8. The molecule has 2 unspecified atom stereocenters. The molecule has 2 saturated heterocycles. The lowest BCUT2D eigenvalue weighted by molar-refractivity contribution is -0.00820. The quantitative estimate of drug-likeness (QED) is 0.770. The average Bonchev–Trinajstić information content (AvgIpc) is 3.18. The van der Waals surface area contributed by atoms with Crippen LogP contribution in [0.1, 0.15) is 39.0 Å². The highest BCUT2D eigenvalue weighted by atomic mass is 16.5. The SMILES string of the molecule is CCOC1CCCN(CC2(CNC3CC3)CCOC2)C1. The Labute approximate surface area is 123 Å². The summed E-state index contributed by atoms with van der Waals surface area (Å²) in [5.41, 5.74) is 0.344. The molecule has 1 N–H and O–H groups in total. The van der Waals surface area contributed by atoms with Crippen LogP contribution < -0.4 is 5.32 Å². The topological polar surface area (TPSA) is 33.7 Å². The molecule has 0 amide bonds. The van der Waals surface area contributed by atoms with Gasteiger partial charge in [0.25, 0.3) is 0 Å². The predicted octanol–water partition coefficient (Wildman–Crippen LogP) is 1.65. The first-order valence-electron chi connectivity index (χ1n) is 8.45. The Morgan fingerprint density at radius 2 is 2.25 bits per heavy atom. The number of hydrogen-bond acceptors (Lipinski definition) is 4. The molecule has 3 rings (SSSR count). The van der Waals surface area contributed by atoms with Crippen LogP contribution in [0.15, 0.2) is 0 Å². The highest BCUT2D eigenvalue weighted by Gasteiger charge is 2.38. The van der Waals surface area contributed by atoms with Crippen LogP contribution in [-0.4, -0.2) is 63.0 Å². The molecule has 3 fully saturated rings. The molecule has 2 atom stereocenters. The largest absolute Gasteiger partial charge is 0.381 e. The van der Waals surface area contributed by atoms with E-state index in [1.54, 1.807) is 0 Å². The monoisotopic (exact) mass is 282 g/mol. The zero-order valence-electron chi connectivity index (χ0n) is 12.9. The van der Waals surface area contributed by atoms with Crippen LogP contribution in [-0.2, 0) is 9.47 Å². The number of ether oxygens (including phenoxy) is 2. The Morgan fingerprint density at radius 1 is 1.35 bits per heavy atom. The summed E-state index contributed by atoms with van der Waals surface area (Å²) < 4.78 is 11.6. The molecule has 0 aromatic heterocycles. The van der Waals surface area contributed by atoms with Crippen molar-refractivity contribution in [3.8, 4) is 0 Å². The van der Waals surface area contributed by atoms with Crippen LogP contribution >= 0.6 is 0 Å². The minimum atomic E-state index is 0.344.